The molecule has 4 nitrogen and oxygen atoms in total. The van der Waals surface area contributed by atoms with Crippen LogP contribution >= 0.6 is 0 Å². The van der Waals surface area contributed by atoms with Crippen molar-refractivity contribution >= 4 is 22.9 Å². The summed E-state index contributed by atoms with van der Waals surface area (Å²) in [5.74, 6) is -0.589. The number of carbonyl (C=O) groups excluding carboxylic acids is 1. The number of aromatic amines is 1. The van der Waals surface area contributed by atoms with Gasteiger partial charge in [0.1, 0.15) is 11.5 Å². The molecule has 0 aliphatic carbocycles. The number of nitrogens with one attached hydrogen (secondary N) is 2. The van der Waals surface area contributed by atoms with E-state index in [1.807, 2.05) is 18.2 Å². The maximum Gasteiger partial charge on any atom is 0.267 e. The molecular weight excluding hydrogens is 305 g/mol. The normalized spacial score (nSPS) is 11.0. The van der Waals surface area contributed by atoms with E-state index in [1.165, 1.54) is 12.1 Å². The van der Waals surface area contributed by atoms with E-state index in [-0.39, 0.29) is 11.7 Å². The maximum atomic E-state index is 13.2. The Balaban J connectivity index is 1.75. The van der Waals surface area contributed by atoms with Gasteiger partial charge in [-0.25, -0.2) is 4.39 Å². The molecule has 5 heteroatoms. The molecule has 3 rings (SSSR count). The Morgan fingerprint density at radius 1 is 1.33 bits per heavy atom. The van der Waals surface area contributed by atoms with Crippen LogP contribution in [0, 0.1) is 5.82 Å². The highest BCUT2D eigenvalue weighted by Gasteiger charge is 2.10. The summed E-state index contributed by atoms with van der Waals surface area (Å²) in [5, 5.41) is 3.65. The van der Waals surface area contributed by atoms with Crippen molar-refractivity contribution in [2.75, 3.05) is 0 Å². The fourth-order valence-electron chi connectivity index (χ4n) is 2.41. The number of amides is 1. The Kier molecular flexibility index (Phi) is 4.52. The minimum absolute atomic E-state index is 0.248. The number of allylic oxidation sites excluding steroid dienone is 2. The number of aromatic nitrogens is 2. The predicted molar refractivity (Wildman–Crippen MR) is 92.9 cm³/mol. The van der Waals surface area contributed by atoms with Gasteiger partial charge in [0.25, 0.3) is 5.91 Å². The summed E-state index contributed by atoms with van der Waals surface area (Å²) in [6, 6.07) is 7.93. The van der Waals surface area contributed by atoms with Crippen molar-refractivity contribution in [2.45, 2.75) is 6.54 Å². The smallest absolute Gasteiger partial charge is 0.267 e. The number of halogens is 1. The first-order valence-electron chi connectivity index (χ1n) is 7.46. The Hall–Kier alpha value is -3.21. The first kappa shape index (κ1) is 15.7. The molecule has 120 valence electrons. The topological polar surface area (TPSA) is 57.8 Å². The molecule has 0 aliphatic rings. The second kappa shape index (κ2) is 6.91. The molecule has 1 aromatic carbocycles. The SMILES string of the molecule is C=C/C=C\c1cnccc1CNC(=O)c1cc2ccc(F)cc2[nH]1. The van der Waals surface area contributed by atoms with Crippen LogP contribution in [0.4, 0.5) is 4.39 Å². The number of benzene rings is 1. The van der Waals surface area contributed by atoms with E-state index in [2.05, 4.69) is 21.9 Å². The molecule has 0 saturated heterocycles. The highest BCUT2D eigenvalue weighted by Crippen LogP contribution is 2.17. The molecular formula is C19H16FN3O. The van der Waals surface area contributed by atoms with Crippen molar-refractivity contribution in [3.63, 3.8) is 0 Å². The van der Waals surface area contributed by atoms with Gasteiger partial charge in [0.15, 0.2) is 0 Å². The van der Waals surface area contributed by atoms with E-state index in [9.17, 15) is 9.18 Å². The van der Waals surface area contributed by atoms with Crippen LogP contribution in [0.5, 0.6) is 0 Å². The number of nitrogens with zero attached hydrogens (tertiary/aromatic N) is 1. The van der Waals surface area contributed by atoms with Gasteiger partial charge in [0, 0.05) is 29.8 Å². The van der Waals surface area contributed by atoms with Crippen LogP contribution in [0.15, 0.2) is 61.5 Å². The summed E-state index contributed by atoms with van der Waals surface area (Å²) in [4.78, 5) is 19.3. The van der Waals surface area contributed by atoms with Crippen LogP contribution in [0.1, 0.15) is 21.6 Å². The van der Waals surface area contributed by atoms with Crippen molar-refractivity contribution in [2.24, 2.45) is 0 Å². The van der Waals surface area contributed by atoms with Crippen molar-refractivity contribution < 1.29 is 9.18 Å². The molecule has 0 bridgehead atoms. The monoisotopic (exact) mass is 321 g/mol. The molecule has 2 N–H and O–H groups in total. The minimum atomic E-state index is -0.341. The Labute approximate surface area is 138 Å². The lowest BCUT2D eigenvalue weighted by atomic mass is 10.1. The van der Waals surface area contributed by atoms with Crippen molar-refractivity contribution in [3.05, 3.63) is 84.1 Å². The Morgan fingerprint density at radius 2 is 2.21 bits per heavy atom. The standard InChI is InChI=1S/C19H16FN3O/c1-2-3-4-14-11-21-8-7-15(14)12-22-19(24)18-9-13-5-6-16(20)10-17(13)23-18/h2-11,23H,1,12H2,(H,22,24)/b4-3-. The van der Waals surface area contributed by atoms with Crippen molar-refractivity contribution in [1.82, 2.24) is 15.3 Å². The third kappa shape index (κ3) is 3.41. The maximum absolute atomic E-state index is 13.2. The molecule has 2 heterocycles. The summed E-state index contributed by atoms with van der Waals surface area (Å²) in [6.45, 7) is 4.00. The van der Waals surface area contributed by atoms with Gasteiger partial charge in [-0.1, -0.05) is 24.8 Å². The zero-order valence-electron chi connectivity index (χ0n) is 12.9. The van der Waals surface area contributed by atoms with E-state index >= 15 is 0 Å². The number of H-pyrrole nitrogens is 1. The Bertz CT molecular complexity index is 927. The fourth-order valence-corrected chi connectivity index (χ4v) is 2.41. The van der Waals surface area contributed by atoms with Crippen LogP contribution < -0.4 is 5.32 Å². The van der Waals surface area contributed by atoms with E-state index < -0.39 is 0 Å². The van der Waals surface area contributed by atoms with Gasteiger partial charge in [0.05, 0.1) is 0 Å². The lowest BCUT2D eigenvalue weighted by Gasteiger charge is -2.07. The summed E-state index contributed by atoms with van der Waals surface area (Å²) >= 11 is 0. The third-order valence-corrected chi connectivity index (χ3v) is 3.63. The molecule has 0 atom stereocenters. The van der Waals surface area contributed by atoms with Gasteiger partial charge in [-0.2, -0.15) is 0 Å². The van der Waals surface area contributed by atoms with Gasteiger partial charge in [-0.15, -0.1) is 0 Å². The first-order valence-corrected chi connectivity index (χ1v) is 7.46. The van der Waals surface area contributed by atoms with Crippen LogP contribution in [0.25, 0.3) is 17.0 Å². The fraction of sp³-hybridized carbons (Fsp3) is 0.0526. The van der Waals surface area contributed by atoms with E-state index in [4.69, 9.17) is 0 Å². The van der Waals surface area contributed by atoms with E-state index in [0.29, 0.717) is 17.8 Å². The zero-order chi connectivity index (χ0) is 16.9. The second-order valence-corrected chi connectivity index (χ2v) is 5.27. The number of rotatable bonds is 5. The molecule has 0 fully saturated rings. The van der Waals surface area contributed by atoms with Crippen LogP contribution in [0.3, 0.4) is 0 Å². The molecule has 1 amide bonds. The van der Waals surface area contributed by atoms with E-state index in [1.54, 1.807) is 30.6 Å². The van der Waals surface area contributed by atoms with Gasteiger partial charge < -0.3 is 10.3 Å². The number of hydrogen-bond donors (Lipinski definition) is 2. The molecule has 2 aromatic heterocycles. The van der Waals surface area contributed by atoms with Crippen molar-refractivity contribution in [1.29, 1.82) is 0 Å². The minimum Gasteiger partial charge on any atom is -0.350 e. The largest absolute Gasteiger partial charge is 0.350 e. The summed E-state index contributed by atoms with van der Waals surface area (Å²) < 4.78 is 13.2. The van der Waals surface area contributed by atoms with E-state index in [0.717, 1.165) is 16.5 Å². The highest BCUT2D eigenvalue weighted by molar-refractivity contribution is 5.98. The van der Waals surface area contributed by atoms with Gasteiger partial charge in [0.2, 0.25) is 0 Å². The highest BCUT2D eigenvalue weighted by atomic mass is 19.1. The third-order valence-electron chi connectivity index (χ3n) is 3.63. The molecule has 0 radical (unpaired) electrons. The van der Waals surface area contributed by atoms with Gasteiger partial charge in [-0.05, 0) is 41.5 Å². The number of fused-ring (bicyclic) bond motifs is 1. The number of carbonyl (C=O) groups is 1. The number of pyridine rings is 1. The molecule has 24 heavy (non-hydrogen) atoms. The van der Waals surface area contributed by atoms with Gasteiger partial charge in [-0.3, -0.25) is 9.78 Å². The summed E-state index contributed by atoms with van der Waals surface area (Å²) in [7, 11) is 0. The quantitative estimate of drug-likeness (QED) is 0.702. The lowest BCUT2D eigenvalue weighted by Crippen LogP contribution is -2.23. The van der Waals surface area contributed by atoms with Gasteiger partial charge >= 0.3 is 0 Å². The predicted octanol–water partition coefficient (Wildman–Crippen LogP) is 3.83. The average Bonchev–Trinajstić information content (AvgIpc) is 3.01. The molecule has 0 unspecified atom stereocenters. The van der Waals surface area contributed by atoms with Crippen LogP contribution in [-0.2, 0) is 6.54 Å². The zero-order valence-corrected chi connectivity index (χ0v) is 12.9. The van der Waals surface area contributed by atoms with Crippen molar-refractivity contribution in [3.8, 4) is 0 Å². The molecule has 0 aliphatic heterocycles. The summed E-state index contributed by atoms with van der Waals surface area (Å²) in [5.41, 5.74) is 2.85. The number of hydrogen-bond acceptors (Lipinski definition) is 2. The van der Waals surface area contributed by atoms with Crippen LogP contribution in [0.2, 0.25) is 0 Å². The molecule has 3 aromatic rings. The second-order valence-electron chi connectivity index (χ2n) is 5.27. The average molecular weight is 321 g/mol. The summed E-state index contributed by atoms with van der Waals surface area (Å²) in [6.07, 6.45) is 8.78. The van der Waals surface area contributed by atoms with Crippen LogP contribution in [-0.4, -0.2) is 15.9 Å². The molecule has 0 spiro atoms. The molecule has 0 saturated carbocycles. The first-order chi connectivity index (χ1) is 11.7. The lowest BCUT2D eigenvalue weighted by molar-refractivity contribution is 0.0946. The Morgan fingerprint density at radius 3 is 3.04 bits per heavy atom.